The zero-order valence-corrected chi connectivity index (χ0v) is 19.4. The van der Waals surface area contributed by atoms with Crippen molar-refractivity contribution in [2.24, 2.45) is 0 Å². The Morgan fingerprint density at radius 1 is 1.19 bits per heavy atom. The first-order valence-electron chi connectivity index (χ1n) is 9.91. The molecule has 0 aromatic heterocycles. The second kappa shape index (κ2) is 8.35. The number of rotatable bonds is 3. The Morgan fingerprint density at radius 3 is 2.53 bits per heavy atom. The molecule has 172 valence electrons. The maximum atomic E-state index is 13.2. The van der Waals surface area contributed by atoms with Gasteiger partial charge in [-0.3, -0.25) is 4.90 Å². The van der Waals surface area contributed by atoms with Crippen molar-refractivity contribution in [1.82, 2.24) is 9.21 Å². The third-order valence-corrected chi connectivity index (χ3v) is 8.37. The fourth-order valence-electron chi connectivity index (χ4n) is 4.17. The number of halogens is 4. The average molecular weight is 533 g/mol. The molecule has 1 amide bonds. The summed E-state index contributed by atoms with van der Waals surface area (Å²) in [7, 11) is -4.12. The molecule has 0 N–H and O–H groups in total. The number of nitrogens with zero attached hydrogens (tertiary/aromatic N) is 2. The number of benzene rings is 1. The van der Waals surface area contributed by atoms with Gasteiger partial charge in [0, 0.05) is 29.2 Å². The highest BCUT2D eigenvalue weighted by molar-refractivity contribution is 9.10. The molecule has 0 radical (unpaired) electrons. The first-order chi connectivity index (χ1) is 15.0. The normalized spacial score (nSPS) is 22.8. The van der Waals surface area contributed by atoms with E-state index in [0.717, 1.165) is 23.3 Å². The van der Waals surface area contributed by atoms with E-state index in [9.17, 15) is 26.4 Å². The predicted octanol–water partition coefficient (Wildman–Crippen LogP) is 4.84. The lowest BCUT2D eigenvalue weighted by Crippen LogP contribution is -2.54. The summed E-state index contributed by atoms with van der Waals surface area (Å²) >= 11 is 2.83. The molecule has 1 aliphatic carbocycles. The molecule has 1 aromatic rings. The number of ether oxygens (including phenoxy) is 1. The minimum absolute atomic E-state index is 0.0819. The molecule has 1 fully saturated rings. The van der Waals surface area contributed by atoms with Gasteiger partial charge in [-0.1, -0.05) is 39.7 Å². The first-order valence-corrected chi connectivity index (χ1v) is 12.1. The van der Waals surface area contributed by atoms with Gasteiger partial charge in [0.05, 0.1) is 16.5 Å². The van der Waals surface area contributed by atoms with Crippen molar-refractivity contribution in [2.75, 3.05) is 13.1 Å². The summed E-state index contributed by atoms with van der Waals surface area (Å²) < 4.78 is 71.8. The van der Waals surface area contributed by atoms with Crippen LogP contribution < -0.4 is 0 Å². The van der Waals surface area contributed by atoms with Crippen LogP contribution in [-0.2, 0) is 20.9 Å². The van der Waals surface area contributed by atoms with Crippen molar-refractivity contribution in [3.8, 4) is 0 Å². The third-order valence-electron chi connectivity index (χ3n) is 5.78. The molecule has 1 aromatic carbocycles. The van der Waals surface area contributed by atoms with Crippen LogP contribution in [0.4, 0.5) is 18.0 Å². The monoisotopic (exact) mass is 532 g/mol. The Kier molecular flexibility index (Phi) is 6.01. The van der Waals surface area contributed by atoms with E-state index in [1.807, 2.05) is 25.2 Å². The van der Waals surface area contributed by atoms with Gasteiger partial charge in [-0.15, -0.1) is 0 Å². The average Bonchev–Trinajstić information content (AvgIpc) is 2.73. The lowest BCUT2D eigenvalue weighted by atomic mass is 9.94. The second-order valence-electron chi connectivity index (χ2n) is 7.88. The SMILES string of the molecule is CC1=CC2=COC(=O)N(C3CCN(S(=O)(=O)c4ccc(Br)c(C(F)(F)F)c4)CC3)C2C=C1. The van der Waals surface area contributed by atoms with E-state index < -0.39 is 32.8 Å². The van der Waals surface area contributed by atoms with Gasteiger partial charge in [-0.2, -0.15) is 17.5 Å². The number of cyclic esters (lactones) is 1. The van der Waals surface area contributed by atoms with Crippen LogP contribution in [0, 0.1) is 0 Å². The molecule has 2 aliphatic heterocycles. The van der Waals surface area contributed by atoms with E-state index in [-0.39, 0.29) is 29.6 Å². The molecule has 0 spiro atoms. The fraction of sp³-hybridized carbons (Fsp3) is 0.381. The topological polar surface area (TPSA) is 66.9 Å². The molecule has 1 unspecified atom stereocenters. The number of hydrogen-bond acceptors (Lipinski definition) is 4. The number of amides is 1. The molecule has 0 saturated carbocycles. The van der Waals surface area contributed by atoms with Crippen molar-refractivity contribution in [3.05, 3.63) is 63.9 Å². The Balaban J connectivity index is 1.51. The van der Waals surface area contributed by atoms with Gasteiger partial charge in [0.15, 0.2) is 0 Å². The standard InChI is InChI=1S/C21H20BrF3N2O4S/c1-13-2-5-19-14(10-13)12-31-20(28)27(19)15-6-8-26(9-7-15)32(29,30)16-3-4-18(22)17(11-16)21(23,24)25/h2-5,10-12,15,19H,6-9H2,1H3. The van der Waals surface area contributed by atoms with Gasteiger partial charge in [-0.25, -0.2) is 13.2 Å². The van der Waals surface area contributed by atoms with Gasteiger partial charge in [0.1, 0.15) is 6.26 Å². The van der Waals surface area contributed by atoms with Gasteiger partial charge >= 0.3 is 12.3 Å². The summed E-state index contributed by atoms with van der Waals surface area (Å²) in [6.07, 6.45) is 2.69. The quantitative estimate of drug-likeness (QED) is 0.558. The molecule has 1 saturated heterocycles. The van der Waals surface area contributed by atoms with Crippen molar-refractivity contribution in [2.45, 2.75) is 42.9 Å². The van der Waals surface area contributed by atoms with Crippen LogP contribution in [0.2, 0.25) is 0 Å². The summed E-state index contributed by atoms with van der Waals surface area (Å²) in [6, 6.07) is 2.35. The van der Waals surface area contributed by atoms with Crippen LogP contribution in [0.3, 0.4) is 0 Å². The Hall–Kier alpha value is -2.11. The molecule has 2 heterocycles. The molecule has 1 atom stereocenters. The maximum Gasteiger partial charge on any atom is 0.417 e. The van der Waals surface area contributed by atoms with Crippen LogP contribution in [-0.4, -0.2) is 48.9 Å². The maximum absolute atomic E-state index is 13.2. The Labute approximate surface area is 192 Å². The van der Waals surface area contributed by atoms with Crippen molar-refractivity contribution < 1.29 is 31.1 Å². The molecule has 32 heavy (non-hydrogen) atoms. The molecule has 6 nitrogen and oxygen atoms in total. The van der Waals surface area contributed by atoms with E-state index in [1.54, 1.807) is 4.90 Å². The summed E-state index contributed by atoms with van der Waals surface area (Å²) in [6.45, 7) is 2.10. The lowest BCUT2D eigenvalue weighted by Gasteiger charge is -2.42. The summed E-state index contributed by atoms with van der Waals surface area (Å²) in [5, 5.41) is 0. The van der Waals surface area contributed by atoms with Crippen LogP contribution in [0.25, 0.3) is 0 Å². The highest BCUT2D eigenvalue weighted by atomic mass is 79.9. The Bertz CT molecular complexity index is 1140. The molecular formula is C21H20BrF3N2O4S. The number of allylic oxidation sites excluding steroid dienone is 2. The van der Waals surface area contributed by atoms with Crippen molar-refractivity contribution in [1.29, 1.82) is 0 Å². The van der Waals surface area contributed by atoms with E-state index >= 15 is 0 Å². The van der Waals surface area contributed by atoms with Gasteiger partial charge in [0.25, 0.3) is 0 Å². The molecule has 0 bridgehead atoms. The summed E-state index contributed by atoms with van der Waals surface area (Å²) in [5.74, 6) is 0. The first kappa shape index (κ1) is 23.1. The van der Waals surface area contributed by atoms with E-state index in [4.69, 9.17) is 4.74 Å². The number of carbonyl (C=O) groups is 1. The molecule has 3 aliphatic rings. The van der Waals surface area contributed by atoms with Crippen LogP contribution in [0.15, 0.2) is 63.2 Å². The van der Waals surface area contributed by atoms with Crippen LogP contribution in [0.1, 0.15) is 25.3 Å². The van der Waals surface area contributed by atoms with E-state index in [1.165, 1.54) is 10.6 Å². The van der Waals surface area contributed by atoms with Crippen LogP contribution >= 0.6 is 15.9 Å². The van der Waals surface area contributed by atoms with Gasteiger partial charge < -0.3 is 4.74 Å². The second-order valence-corrected chi connectivity index (χ2v) is 10.7. The molecule has 11 heteroatoms. The largest absolute Gasteiger partial charge is 0.418 e. The van der Waals surface area contributed by atoms with E-state index in [2.05, 4.69) is 15.9 Å². The molecular weight excluding hydrogens is 513 g/mol. The highest BCUT2D eigenvalue weighted by Crippen LogP contribution is 2.37. The van der Waals surface area contributed by atoms with Gasteiger partial charge in [0.2, 0.25) is 10.0 Å². The zero-order chi connectivity index (χ0) is 23.3. The van der Waals surface area contributed by atoms with Crippen LogP contribution in [0.5, 0.6) is 0 Å². The fourth-order valence-corrected chi connectivity index (χ4v) is 6.14. The number of piperidine rings is 1. The summed E-state index contributed by atoms with van der Waals surface area (Å²) in [5.41, 5.74) is 0.824. The predicted molar refractivity (Wildman–Crippen MR) is 114 cm³/mol. The smallest absolute Gasteiger partial charge is 0.417 e. The minimum Gasteiger partial charge on any atom is -0.418 e. The minimum atomic E-state index is -4.68. The number of alkyl halides is 3. The lowest BCUT2D eigenvalue weighted by molar-refractivity contribution is -0.138. The number of fused-ring (bicyclic) bond motifs is 1. The number of carbonyl (C=O) groups excluding carboxylic acids is 1. The van der Waals surface area contributed by atoms with Crippen molar-refractivity contribution >= 4 is 32.0 Å². The third kappa shape index (κ3) is 4.25. The van der Waals surface area contributed by atoms with E-state index in [0.29, 0.717) is 18.9 Å². The van der Waals surface area contributed by atoms with Gasteiger partial charge in [-0.05, 0) is 38.0 Å². The zero-order valence-electron chi connectivity index (χ0n) is 17.0. The number of hydrogen-bond donors (Lipinski definition) is 0. The Morgan fingerprint density at radius 2 is 1.88 bits per heavy atom. The van der Waals surface area contributed by atoms with Crippen molar-refractivity contribution in [3.63, 3.8) is 0 Å². The summed E-state index contributed by atoms with van der Waals surface area (Å²) in [4.78, 5) is 13.7. The highest BCUT2D eigenvalue weighted by Gasteiger charge is 2.40. The molecule has 4 rings (SSSR count). The number of sulfonamides is 1.